The van der Waals surface area contributed by atoms with Gasteiger partial charge in [-0.3, -0.25) is 0 Å². The molecule has 0 saturated heterocycles. The van der Waals surface area contributed by atoms with Gasteiger partial charge in [-0.2, -0.15) is 0 Å². The minimum Gasteiger partial charge on any atom is -0.394 e. The van der Waals surface area contributed by atoms with Crippen LogP contribution in [0, 0.1) is 0 Å². The van der Waals surface area contributed by atoms with Crippen LogP contribution in [0.1, 0.15) is 0 Å². The van der Waals surface area contributed by atoms with Crippen molar-refractivity contribution in [2.45, 2.75) is 0 Å². The van der Waals surface area contributed by atoms with Crippen molar-refractivity contribution < 1.29 is 76.2 Å². The second-order valence-corrected chi connectivity index (χ2v) is 9.05. The molecule has 0 heterocycles. The SMILES string of the molecule is COCCOCCOCCOCCOCCOCCOCCO.COCCOCCOCCOCCOCCOCCOCCOC. The summed E-state index contributed by atoms with van der Waals surface area (Å²) in [6, 6.07) is 0. The van der Waals surface area contributed by atoms with E-state index in [0.717, 1.165) is 0 Å². The van der Waals surface area contributed by atoms with E-state index < -0.39 is 0 Å². The molecule has 0 atom stereocenters. The first-order valence-electron chi connectivity index (χ1n) is 16.3. The summed E-state index contributed by atoms with van der Waals surface area (Å²) in [4.78, 5) is 0. The van der Waals surface area contributed by atoms with Gasteiger partial charge in [-0.05, 0) is 0 Å². The lowest BCUT2D eigenvalue weighted by molar-refractivity contribution is -0.0209. The van der Waals surface area contributed by atoms with Crippen molar-refractivity contribution in [3.8, 4) is 0 Å². The highest BCUT2D eigenvalue weighted by Gasteiger charge is 1.96. The Kier molecular flexibility index (Phi) is 51.3. The summed E-state index contributed by atoms with van der Waals surface area (Å²) >= 11 is 0. The standard InChI is InChI=1S/C16H34O8.C15H32O8/c1-17-3-5-19-7-9-21-11-13-23-15-16-24-14-12-22-10-8-20-6-4-18-2;1-17-4-5-19-8-9-21-12-13-23-15-14-22-11-10-20-7-6-18-3-2-16/h3-16H2,1-2H3;16H,2-15H2,1H3. The van der Waals surface area contributed by atoms with Crippen molar-refractivity contribution in [1.82, 2.24) is 0 Å². The van der Waals surface area contributed by atoms with E-state index in [2.05, 4.69) is 0 Å². The number of rotatable bonds is 41. The average molecular weight is 695 g/mol. The van der Waals surface area contributed by atoms with Crippen LogP contribution in [-0.4, -0.2) is 211 Å². The first-order valence-corrected chi connectivity index (χ1v) is 16.3. The number of ether oxygens (including phenoxy) is 15. The lowest BCUT2D eigenvalue weighted by Gasteiger charge is -2.08. The number of aliphatic hydroxyl groups is 1. The zero-order chi connectivity index (χ0) is 34.4. The Hall–Kier alpha value is -0.640. The van der Waals surface area contributed by atoms with Crippen LogP contribution in [0.2, 0.25) is 0 Å². The molecule has 16 nitrogen and oxygen atoms in total. The van der Waals surface area contributed by atoms with Crippen molar-refractivity contribution in [2.24, 2.45) is 0 Å². The van der Waals surface area contributed by atoms with Gasteiger partial charge in [0.05, 0.1) is 185 Å². The lowest BCUT2D eigenvalue weighted by atomic mass is 10.6. The molecular weight excluding hydrogens is 628 g/mol. The molecule has 0 aliphatic carbocycles. The molecular formula is C31H66O16. The molecule has 0 amide bonds. The van der Waals surface area contributed by atoms with Gasteiger partial charge in [-0.15, -0.1) is 0 Å². The number of aliphatic hydroxyl groups excluding tert-OH is 1. The van der Waals surface area contributed by atoms with Crippen LogP contribution in [0.5, 0.6) is 0 Å². The van der Waals surface area contributed by atoms with Crippen LogP contribution in [0.3, 0.4) is 0 Å². The molecule has 0 aromatic carbocycles. The van der Waals surface area contributed by atoms with Gasteiger partial charge >= 0.3 is 0 Å². The Labute approximate surface area is 282 Å². The third-order valence-corrected chi connectivity index (χ3v) is 5.25. The van der Waals surface area contributed by atoms with Gasteiger partial charge in [0.2, 0.25) is 0 Å². The molecule has 0 fully saturated rings. The summed E-state index contributed by atoms with van der Waals surface area (Å²) < 4.78 is 78.2. The minimum atomic E-state index is 0.0380. The predicted molar refractivity (Wildman–Crippen MR) is 173 cm³/mol. The van der Waals surface area contributed by atoms with E-state index in [9.17, 15) is 0 Å². The van der Waals surface area contributed by atoms with Crippen molar-refractivity contribution in [3.05, 3.63) is 0 Å². The third kappa shape index (κ3) is 52.4. The van der Waals surface area contributed by atoms with E-state index in [1.807, 2.05) is 0 Å². The van der Waals surface area contributed by atoms with Crippen LogP contribution >= 0.6 is 0 Å². The van der Waals surface area contributed by atoms with Crippen molar-refractivity contribution >= 4 is 0 Å². The third-order valence-electron chi connectivity index (χ3n) is 5.25. The maximum Gasteiger partial charge on any atom is 0.0701 e. The molecule has 0 aromatic heterocycles. The molecule has 0 unspecified atom stereocenters. The quantitative estimate of drug-likeness (QED) is 0.0859. The van der Waals surface area contributed by atoms with E-state index in [1.54, 1.807) is 21.3 Å². The zero-order valence-corrected chi connectivity index (χ0v) is 29.4. The van der Waals surface area contributed by atoms with E-state index in [1.165, 1.54) is 0 Å². The Morgan fingerprint density at radius 1 is 0.213 bits per heavy atom. The summed E-state index contributed by atoms with van der Waals surface area (Å²) in [6.45, 7) is 14.9. The van der Waals surface area contributed by atoms with Crippen LogP contribution in [0.15, 0.2) is 0 Å². The van der Waals surface area contributed by atoms with E-state index in [0.29, 0.717) is 178 Å². The first kappa shape index (κ1) is 48.5. The Morgan fingerprint density at radius 3 is 0.468 bits per heavy atom. The van der Waals surface area contributed by atoms with Gasteiger partial charge < -0.3 is 76.2 Å². The molecule has 0 rings (SSSR count). The van der Waals surface area contributed by atoms with Gasteiger partial charge in [0, 0.05) is 21.3 Å². The Morgan fingerprint density at radius 2 is 0.340 bits per heavy atom. The fourth-order valence-electron chi connectivity index (χ4n) is 2.89. The van der Waals surface area contributed by atoms with Gasteiger partial charge in [0.15, 0.2) is 0 Å². The molecule has 0 radical (unpaired) electrons. The smallest absolute Gasteiger partial charge is 0.0701 e. The van der Waals surface area contributed by atoms with Crippen LogP contribution < -0.4 is 0 Å². The minimum absolute atomic E-state index is 0.0380. The Bertz CT molecular complexity index is 468. The fourth-order valence-corrected chi connectivity index (χ4v) is 2.89. The molecule has 0 aromatic rings. The molecule has 0 aliphatic rings. The summed E-state index contributed by atoms with van der Waals surface area (Å²) in [5.74, 6) is 0. The van der Waals surface area contributed by atoms with E-state index in [-0.39, 0.29) is 6.61 Å². The fraction of sp³-hybridized carbons (Fsp3) is 1.00. The number of hydrogen-bond donors (Lipinski definition) is 1. The molecule has 286 valence electrons. The number of hydrogen-bond acceptors (Lipinski definition) is 16. The normalized spacial score (nSPS) is 11.2. The summed E-state index contributed by atoms with van der Waals surface area (Å²) in [6.07, 6.45) is 0. The van der Waals surface area contributed by atoms with Crippen molar-refractivity contribution in [1.29, 1.82) is 0 Å². The van der Waals surface area contributed by atoms with E-state index in [4.69, 9.17) is 76.2 Å². The summed E-state index contributed by atoms with van der Waals surface area (Å²) in [5.41, 5.74) is 0. The lowest BCUT2D eigenvalue weighted by Crippen LogP contribution is -2.14. The van der Waals surface area contributed by atoms with Crippen molar-refractivity contribution in [3.63, 3.8) is 0 Å². The molecule has 0 aliphatic heterocycles. The average Bonchev–Trinajstić information content (AvgIpc) is 3.09. The molecule has 0 bridgehead atoms. The van der Waals surface area contributed by atoms with Gasteiger partial charge in [0.1, 0.15) is 0 Å². The molecule has 1 N–H and O–H groups in total. The Balaban J connectivity index is 0. The first-order chi connectivity index (χ1) is 23.3. The predicted octanol–water partition coefficient (Wildman–Crippen LogP) is 0.104. The van der Waals surface area contributed by atoms with Crippen molar-refractivity contribution in [2.75, 3.05) is 206 Å². The topological polar surface area (TPSA) is 159 Å². The van der Waals surface area contributed by atoms with Gasteiger partial charge in [0.25, 0.3) is 0 Å². The van der Waals surface area contributed by atoms with Gasteiger partial charge in [-0.1, -0.05) is 0 Å². The molecule has 47 heavy (non-hydrogen) atoms. The van der Waals surface area contributed by atoms with Crippen LogP contribution in [-0.2, 0) is 71.1 Å². The second-order valence-electron chi connectivity index (χ2n) is 9.05. The van der Waals surface area contributed by atoms with Gasteiger partial charge in [-0.25, -0.2) is 0 Å². The maximum absolute atomic E-state index is 8.49. The molecule has 0 saturated carbocycles. The highest BCUT2D eigenvalue weighted by atomic mass is 16.6. The van der Waals surface area contributed by atoms with Crippen LogP contribution in [0.4, 0.5) is 0 Å². The largest absolute Gasteiger partial charge is 0.394 e. The summed E-state index contributed by atoms with van der Waals surface area (Å²) in [5, 5.41) is 8.49. The highest BCUT2D eigenvalue weighted by Crippen LogP contribution is 1.86. The second kappa shape index (κ2) is 49.7. The highest BCUT2D eigenvalue weighted by molar-refractivity contribution is 4.38. The monoisotopic (exact) mass is 694 g/mol. The maximum atomic E-state index is 8.49. The summed E-state index contributed by atoms with van der Waals surface area (Å²) in [7, 11) is 4.94. The number of methoxy groups -OCH3 is 3. The van der Waals surface area contributed by atoms with Crippen LogP contribution in [0.25, 0.3) is 0 Å². The van der Waals surface area contributed by atoms with E-state index >= 15 is 0 Å². The zero-order valence-electron chi connectivity index (χ0n) is 29.4. The molecule has 16 heteroatoms. The molecule has 0 spiro atoms.